The zero-order valence-electron chi connectivity index (χ0n) is 25.3. The Morgan fingerprint density at radius 1 is 0.667 bits per heavy atom. The second-order valence-electron chi connectivity index (χ2n) is 13.9. The van der Waals surface area contributed by atoms with Crippen LogP contribution in [0.1, 0.15) is 87.7 Å². The number of urea groups is 2. The summed E-state index contributed by atoms with van der Waals surface area (Å²) in [5.74, 6) is -0.342. The zero-order valence-corrected chi connectivity index (χ0v) is 28.5. The van der Waals surface area contributed by atoms with Crippen LogP contribution in [0.2, 0.25) is 0 Å². The van der Waals surface area contributed by atoms with Crippen molar-refractivity contribution < 1.29 is 29.4 Å². The molecule has 6 N–H and O–H groups in total. The van der Waals surface area contributed by atoms with Gasteiger partial charge in [-0.2, -0.15) is 0 Å². The number of phenolic OH excluding ortho intramolecular Hbond substituents is 2. The Morgan fingerprint density at radius 2 is 1.04 bits per heavy atom. The third-order valence-corrected chi connectivity index (χ3v) is 10.4. The molecule has 0 saturated heterocycles. The summed E-state index contributed by atoms with van der Waals surface area (Å²) in [6, 6.07) is 4.03. The summed E-state index contributed by atoms with van der Waals surface area (Å²) in [6.45, 7) is 7.92. The van der Waals surface area contributed by atoms with E-state index in [1.165, 1.54) is 12.1 Å². The molecule has 0 aromatic heterocycles. The lowest BCUT2D eigenvalue weighted by Crippen LogP contribution is -2.48. The molecule has 0 fully saturated rings. The normalized spacial score (nSPS) is 23.9. The Kier molecular flexibility index (Phi) is 7.67. The Morgan fingerprint density at radius 3 is 1.42 bits per heavy atom. The minimum Gasteiger partial charge on any atom is -0.508 e. The minimum absolute atomic E-state index is 0.0802. The van der Waals surface area contributed by atoms with Crippen LogP contribution < -0.4 is 21.3 Å². The van der Waals surface area contributed by atoms with Crippen molar-refractivity contribution >= 4 is 55.5 Å². The van der Waals surface area contributed by atoms with E-state index in [0.29, 0.717) is 74.7 Å². The SMILES string of the molecule is CC1(C)CC(=O)C2=C(C1)NC(=O)NC2c1cc(Cc2cc(C3NC(=O)NC4=C3C(=O)CC(C)(C)C4)c(O)cc2Br)c(Br)cc1O. The zero-order chi connectivity index (χ0) is 32.6. The molecule has 2 heterocycles. The number of benzene rings is 2. The van der Waals surface area contributed by atoms with Crippen LogP contribution in [0.25, 0.3) is 0 Å². The molecule has 6 rings (SSSR count). The maximum Gasteiger partial charge on any atom is 0.319 e. The predicted molar refractivity (Wildman–Crippen MR) is 173 cm³/mol. The lowest BCUT2D eigenvalue weighted by molar-refractivity contribution is -0.119. The van der Waals surface area contributed by atoms with Crippen LogP contribution >= 0.6 is 31.9 Å². The quantitative estimate of drug-likeness (QED) is 0.219. The van der Waals surface area contributed by atoms with Crippen molar-refractivity contribution in [2.24, 2.45) is 10.8 Å². The Hall–Kier alpha value is -3.64. The summed E-state index contributed by atoms with van der Waals surface area (Å²) in [4.78, 5) is 51.9. The van der Waals surface area contributed by atoms with Gasteiger partial charge in [0.2, 0.25) is 0 Å². The van der Waals surface area contributed by atoms with Gasteiger partial charge >= 0.3 is 12.1 Å². The topological polar surface area (TPSA) is 157 Å². The highest BCUT2D eigenvalue weighted by Crippen LogP contribution is 2.46. The molecule has 236 valence electrons. The van der Waals surface area contributed by atoms with Crippen molar-refractivity contribution in [2.45, 2.75) is 71.9 Å². The first-order chi connectivity index (χ1) is 21.0. The van der Waals surface area contributed by atoms with E-state index < -0.39 is 24.1 Å². The molecular weight excluding hydrogens is 708 g/mol. The van der Waals surface area contributed by atoms with E-state index in [4.69, 9.17) is 0 Å². The van der Waals surface area contributed by atoms with E-state index in [0.717, 1.165) is 11.1 Å². The number of phenols is 2. The minimum atomic E-state index is -0.833. The molecule has 4 amide bonds. The first-order valence-corrected chi connectivity index (χ1v) is 16.3. The average Bonchev–Trinajstić information content (AvgIpc) is 2.88. The van der Waals surface area contributed by atoms with E-state index in [9.17, 15) is 29.4 Å². The Bertz CT molecular complexity index is 1650. The summed E-state index contributed by atoms with van der Waals surface area (Å²) < 4.78 is 1.20. The van der Waals surface area contributed by atoms with Crippen molar-refractivity contribution in [3.05, 3.63) is 78.0 Å². The second kappa shape index (κ2) is 11.0. The summed E-state index contributed by atoms with van der Waals surface area (Å²) in [5.41, 5.74) is 3.66. The average molecular weight is 742 g/mol. The molecule has 2 aromatic carbocycles. The molecule has 2 aromatic rings. The van der Waals surface area contributed by atoms with Gasteiger partial charge < -0.3 is 31.5 Å². The van der Waals surface area contributed by atoms with E-state index >= 15 is 0 Å². The van der Waals surface area contributed by atoms with Crippen molar-refractivity contribution in [1.29, 1.82) is 0 Å². The van der Waals surface area contributed by atoms with Gasteiger partial charge in [-0.1, -0.05) is 59.6 Å². The van der Waals surface area contributed by atoms with Gasteiger partial charge in [0, 0.05) is 55.5 Å². The molecule has 0 bridgehead atoms. The highest BCUT2D eigenvalue weighted by molar-refractivity contribution is 9.10. The molecule has 0 spiro atoms. The summed E-state index contributed by atoms with van der Waals surface area (Å²) >= 11 is 7.11. The van der Waals surface area contributed by atoms with E-state index in [1.54, 1.807) is 12.1 Å². The molecule has 4 aliphatic rings. The Labute approximate surface area is 277 Å². The van der Waals surface area contributed by atoms with Crippen LogP contribution in [0.15, 0.2) is 55.8 Å². The molecule has 2 aliphatic carbocycles. The van der Waals surface area contributed by atoms with Gasteiger partial charge in [0.05, 0.1) is 12.1 Å². The fourth-order valence-corrected chi connectivity index (χ4v) is 7.92. The van der Waals surface area contributed by atoms with Crippen LogP contribution in [0.3, 0.4) is 0 Å². The van der Waals surface area contributed by atoms with E-state index in [2.05, 4.69) is 53.1 Å². The van der Waals surface area contributed by atoms with Gasteiger partial charge in [0.25, 0.3) is 0 Å². The molecule has 2 atom stereocenters. The fourth-order valence-electron chi connectivity index (χ4n) is 6.97. The third kappa shape index (κ3) is 5.90. The molecule has 2 unspecified atom stereocenters. The molecule has 45 heavy (non-hydrogen) atoms. The van der Waals surface area contributed by atoms with Crippen molar-refractivity contribution in [3.63, 3.8) is 0 Å². The molecule has 0 radical (unpaired) electrons. The summed E-state index contributed by atoms with van der Waals surface area (Å²) in [7, 11) is 0. The van der Waals surface area contributed by atoms with Gasteiger partial charge in [0.1, 0.15) is 11.5 Å². The molecule has 2 aliphatic heterocycles. The number of ketones is 2. The number of nitrogens with one attached hydrogen (secondary N) is 4. The van der Waals surface area contributed by atoms with Crippen LogP contribution in [0, 0.1) is 10.8 Å². The Balaban J connectivity index is 1.39. The number of Topliss-reactive ketones (excluding diaryl/α,β-unsaturated/α-hetero) is 2. The van der Waals surface area contributed by atoms with E-state index in [-0.39, 0.29) is 33.9 Å². The van der Waals surface area contributed by atoms with Gasteiger partial charge in [0.15, 0.2) is 11.6 Å². The predicted octanol–water partition coefficient (Wildman–Crippen LogP) is 6.21. The maximum absolute atomic E-state index is 13.3. The lowest BCUT2D eigenvalue weighted by Gasteiger charge is -2.38. The number of carbonyl (C=O) groups excluding carboxylic acids is 4. The monoisotopic (exact) mass is 740 g/mol. The number of halogens is 2. The van der Waals surface area contributed by atoms with Crippen LogP contribution in [-0.2, 0) is 16.0 Å². The highest BCUT2D eigenvalue weighted by Gasteiger charge is 2.43. The number of hydrogen-bond acceptors (Lipinski definition) is 6. The van der Waals surface area contributed by atoms with Crippen molar-refractivity contribution in [2.75, 3.05) is 0 Å². The van der Waals surface area contributed by atoms with Crippen LogP contribution in [0.5, 0.6) is 11.5 Å². The van der Waals surface area contributed by atoms with Crippen LogP contribution in [0.4, 0.5) is 9.59 Å². The van der Waals surface area contributed by atoms with E-state index in [1.807, 2.05) is 27.7 Å². The molecule has 0 saturated carbocycles. The van der Waals surface area contributed by atoms with Gasteiger partial charge in [-0.3, -0.25) is 9.59 Å². The lowest BCUT2D eigenvalue weighted by atomic mass is 9.72. The summed E-state index contributed by atoms with van der Waals surface area (Å²) in [5, 5.41) is 33.3. The molecule has 12 heteroatoms. The summed E-state index contributed by atoms with van der Waals surface area (Å²) in [6.07, 6.45) is 1.99. The van der Waals surface area contributed by atoms with Crippen LogP contribution in [-0.4, -0.2) is 33.8 Å². The largest absolute Gasteiger partial charge is 0.508 e. The number of allylic oxidation sites excluding steroid dienone is 2. The number of hydrogen-bond donors (Lipinski definition) is 6. The van der Waals surface area contributed by atoms with Gasteiger partial charge in [-0.15, -0.1) is 0 Å². The first kappa shape index (κ1) is 31.3. The van der Waals surface area contributed by atoms with Gasteiger partial charge in [-0.05, 0) is 65.5 Å². The standard InChI is InChI=1S/C33H34Br2N4O6/c1-32(2)10-20-26(24(42)12-32)28(38-30(44)36-20)16-6-14(18(34)8-22(16)40)5-15-7-17(23(41)9-19(15)35)29-27-21(37-31(45)39-29)11-33(3,4)13-25(27)43/h6-9,28-29,40-41H,5,10-13H2,1-4H3,(H2,36,38,44)(H2,37,39,45). The molecule has 10 nitrogen and oxygen atoms in total. The second-order valence-corrected chi connectivity index (χ2v) is 15.6. The number of carbonyl (C=O) groups is 4. The fraction of sp³-hybridized carbons (Fsp3) is 0.394. The number of rotatable bonds is 4. The number of amides is 4. The van der Waals surface area contributed by atoms with Crippen molar-refractivity contribution in [1.82, 2.24) is 21.3 Å². The highest BCUT2D eigenvalue weighted by atomic mass is 79.9. The number of aromatic hydroxyl groups is 2. The smallest absolute Gasteiger partial charge is 0.319 e. The van der Waals surface area contributed by atoms with Gasteiger partial charge in [-0.25, -0.2) is 9.59 Å². The maximum atomic E-state index is 13.3. The third-order valence-electron chi connectivity index (χ3n) is 8.89. The molecular formula is C33H34Br2N4O6. The van der Waals surface area contributed by atoms with Crippen molar-refractivity contribution in [3.8, 4) is 11.5 Å². The first-order valence-electron chi connectivity index (χ1n) is 14.7.